The predicted octanol–water partition coefficient (Wildman–Crippen LogP) is 1.73. The van der Waals surface area contributed by atoms with Gasteiger partial charge >= 0.3 is 12.0 Å². The minimum atomic E-state index is -0.991. The molecular weight excluding hydrogens is 310 g/mol. The van der Waals surface area contributed by atoms with Gasteiger partial charge in [0, 0.05) is 10.1 Å². The lowest BCUT2D eigenvalue weighted by Gasteiger charge is -2.35. The van der Waals surface area contributed by atoms with E-state index in [0.717, 1.165) is 10.6 Å². The van der Waals surface area contributed by atoms with E-state index < -0.39 is 12.0 Å². The Labute approximate surface area is 130 Å². The largest absolute Gasteiger partial charge is 0.478 e. The smallest absolute Gasteiger partial charge is 0.335 e. The Kier molecular flexibility index (Phi) is 3.29. The highest BCUT2D eigenvalue weighted by atomic mass is 32.2. The van der Waals surface area contributed by atoms with E-state index in [2.05, 4.69) is 6.92 Å². The SMILES string of the molecule is CC1Sc2ccc(C(=O)O)cc2N2C(=S)N(C(N)=O)CC12. The van der Waals surface area contributed by atoms with Crippen molar-refractivity contribution in [2.45, 2.75) is 23.1 Å². The van der Waals surface area contributed by atoms with Crippen molar-refractivity contribution >= 4 is 46.8 Å². The highest BCUT2D eigenvalue weighted by Crippen LogP contribution is 2.44. The van der Waals surface area contributed by atoms with Crippen LogP contribution >= 0.6 is 24.0 Å². The van der Waals surface area contributed by atoms with Gasteiger partial charge in [-0.3, -0.25) is 4.90 Å². The van der Waals surface area contributed by atoms with Gasteiger partial charge in [0.2, 0.25) is 0 Å². The van der Waals surface area contributed by atoms with Gasteiger partial charge in [0.05, 0.1) is 23.8 Å². The van der Waals surface area contributed by atoms with Gasteiger partial charge in [-0.25, -0.2) is 9.59 Å². The van der Waals surface area contributed by atoms with Gasteiger partial charge in [-0.1, -0.05) is 6.92 Å². The number of nitrogens with two attached hydrogens (primary N) is 1. The lowest BCUT2D eigenvalue weighted by atomic mass is 10.1. The topological polar surface area (TPSA) is 86.9 Å². The zero-order valence-electron chi connectivity index (χ0n) is 11.1. The Morgan fingerprint density at radius 3 is 2.81 bits per heavy atom. The molecule has 2 aliphatic rings. The molecule has 6 nitrogen and oxygen atoms in total. The molecule has 1 saturated heterocycles. The van der Waals surface area contributed by atoms with Crippen LogP contribution < -0.4 is 10.6 Å². The molecule has 2 aliphatic heterocycles. The Morgan fingerprint density at radius 1 is 1.48 bits per heavy atom. The number of hydrogen-bond acceptors (Lipinski definition) is 4. The molecule has 0 aliphatic carbocycles. The van der Waals surface area contributed by atoms with Gasteiger partial charge in [-0.15, -0.1) is 11.8 Å². The van der Waals surface area contributed by atoms with Crippen LogP contribution in [0.3, 0.4) is 0 Å². The van der Waals surface area contributed by atoms with E-state index in [0.29, 0.717) is 11.7 Å². The first-order valence-electron chi connectivity index (χ1n) is 6.34. The molecule has 1 fully saturated rings. The zero-order chi connectivity index (χ0) is 15.3. The molecule has 0 spiro atoms. The van der Waals surface area contributed by atoms with Crippen LogP contribution in [-0.4, -0.2) is 45.0 Å². The van der Waals surface area contributed by atoms with Crippen LogP contribution in [0.4, 0.5) is 10.5 Å². The average molecular weight is 323 g/mol. The van der Waals surface area contributed by atoms with Crippen molar-refractivity contribution in [1.82, 2.24) is 4.90 Å². The van der Waals surface area contributed by atoms with Gasteiger partial charge < -0.3 is 15.7 Å². The molecule has 1 aromatic rings. The number of thiocarbonyl (C=S) groups is 1. The van der Waals surface area contributed by atoms with Gasteiger partial charge in [-0.05, 0) is 30.4 Å². The first-order chi connectivity index (χ1) is 9.90. The van der Waals surface area contributed by atoms with Crippen LogP contribution in [0.5, 0.6) is 0 Å². The number of carbonyl (C=O) groups excluding carboxylic acids is 1. The van der Waals surface area contributed by atoms with Gasteiger partial charge in [-0.2, -0.15) is 0 Å². The van der Waals surface area contributed by atoms with Crippen molar-refractivity contribution in [3.05, 3.63) is 23.8 Å². The quantitative estimate of drug-likeness (QED) is 0.766. The minimum absolute atomic E-state index is 0.00606. The van der Waals surface area contributed by atoms with Crippen molar-refractivity contribution in [2.24, 2.45) is 5.73 Å². The van der Waals surface area contributed by atoms with Crippen LogP contribution in [0, 0.1) is 0 Å². The van der Waals surface area contributed by atoms with Crippen LogP contribution in [0.15, 0.2) is 23.1 Å². The van der Waals surface area contributed by atoms with E-state index in [1.54, 1.807) is 30.0 Å². The van der Waals surface area contributed by atoms with Crippen molar-refractivity contribution < 1.29 is 14.7 Å². The normalized spacial score (nSPS) is 23.8. The second kappa shape index (κ2) is 4.88. The highest BCUT2D eigenvalue weighted by molar-refractivity contribution is 8.00. The number of fused-ring (bicyclic) bond motifs is 3. The third kappa shape index (κ3) is 2.14. The standard InChI is InChI=1S/C13H13N3O3S2/c1-6-9-5-15(12(14)19)13(20)16(9)8-4-7(11(17)18)2-3-10(8)21-6/h2-4,6,9H,5H2,1H3,(H2,14,19)(H,17,18). The third-order valence-corrected chi connectivity index (χ3v) is 5.43. The van der Waals surface area contributed by atoms with Crippen molar-refractivity contribution in [1.29, 1.82) is 0 Å². The lowest BCUT2D eigenvalue weighted by Crippen LogP contribution is -2.43. The molecule has 110 valence electrons. The zero-order valence-corrected chi connectivity index (χ0v) is 12.8. The fraction of sp³-hybridized carbons (Fsp3) is 0.308. The molecule has 21 heavy (non-hydrogen) atoms. The maximum Gasteiger partial charge on any atom is 0.335 e. The molecular formula is C13H13N3O3S2. The molecule has 2 unspecified atom stereocenters. The molecule has 2 atom stereocenters. The maximum atomic E-state index is 11.5. The Balaban J connectivity index is 2.09. The number of benzene rings is 1. The van der Waals surface area contributed by atoms with Gasteiger partial charge in [0.1, 0.15) is 0 Å². The molecule has 3 N–H and O–H groups in total. The molecule has 2 heterocycles. The number of carboxylic acids is 1. The summed E-state index contributed by atoms with van der Waals surface area (Å²) in [5.41, 5.74) is 6.29. The summed E-state index contributed by atoms with van der Waals surface area (Å²) >= 11 is 7.00. The first-order valence-corrected chi connectivity index (χ1v) is 7.63. The second-order valence-corrected chi connectivity index (χ2v) is 6.76. The summed E-state index contributed by atoms with van der Waals surface area (Å²) in [6.45, 7) is 2.49. The number of urea groups is 1. The van der Waals surface area contributed by atoms with Gasteiger partial charge in [0.25, 0.3) is 0 Å². The number of carbonyl (C=O) groups is 2. The van der Waals surface area contributed by atoms with E-state index in [4.69, 9.17) is 23.1 Å². The molecule has 2 amide bonds. The van der Waals surface area contributed by atoms with Crippen LogP contribution in [0.1, 0.15) is 17.3 Å². The molecule has 0 saturated carbocycles. The minimum Gasteiger partial charge on any atom is -0.478 e. The Hall–Kier alpha value is -1.80. The molecule has 1 aromatic carbocycles. The monoisotopic (exact) mass is 323 g/mol. The summed E-state index contributed by atoms with van der Waals surface area (Å²) in [6.07, 6.45) is 0. The lowest BCUT2D eigenvalue weighted by molar-refractivity contribution is 0.0697. The predicted molar refractivity (Wildman–Crippen MR) is 83.9 cm³/mol. The fourth-order valence-electron chi connectivity index (χ4n) is 2.66. The molecule has 0 bridgehead atoms. The number of anilines is 1. The van der Waals surface area contributed by atoms with Crippen molar-refractivity contribution in [3.8, 4) is 0 Å². The van der Waals surface area contributed by atoms with E-state index >= 15 is 0 Å². The summed E-state index contributed by atoms with van der Waals surface area (Å²) in [6, 6.07) is 4.38. The second-order valence-electron chi connectivity index (χ2n) is 4.98. The number of hydrogen-bond donors (Lipinski definition) is 2. The summed E-state index contributed by atoms with van der Waals surface area (Å²) in [5, 5.41) is 9.70. The number of aromatic carboxylic acids is 1. The number of rotatable bonds is 1. The molecule has 0 aromatic heterocycles. The third-order valence-electron chi connectivity index (χ3n) is 3.72. The molecule has 8 heteroatoms. The Bertz CT molecular complexity index is 664. The number of primary amides is 1. The van der Waals surface area contributed by atoms with Crippen LogP contribution in [-0.2, 0) is 0 Å². The Morgan fingerprint density at radius 2 is 2.19 bits per heavy atom. The first kappa shape index (κ1) is 14.2. The fourth-order valence-corrected chi connectivity index (χ4v) is 4.25. The number of carboxylic acid groups (broad SMARTS) is 1. The summed E-state index contributed by atoms with van der Waals surface area (Å²) < 4.78 is 0. The highest BCUT2D eigenvalue weighted by Gasteiger charge is 2.44. The van der Waals surface area contributed by atoms with Crippen molar-refractivity contribution in [2.75, 3.05) is 11.4 Å². The molecule has 3 rings (SSSR count). The number of nitrogens with zero attached hydrogens (tertiary/aromatic N) is 2. The van der Waals surface area contributed by atoms with Crippen LogP contribution in [0.25, 0.3) is 0 Å². The summed E-state index contributed by atoms with van der Waals surface area (Å²) in [5.74, 6) is -0.991. The number of thioether (sulfide) groups is 1. The van der Waals surface area contributed by atoms with Crippen molar-refractivity contribution in [3.63, 3.8) is 0 Å². The van der Waals surface area contributed by atoms with E-state index in [1.807, 2.05) is 4.90 Å². The van der Waals surface area contributed by atoms with E-state index in [9.17, 15) is 9.59 Å². The van der Waals surface area contributed by atoms with Gasteiger partial charge in [0.15, 0.2) is 5.11 Å². The average Bonchev–Trinajstić information content (AvgIpc) is 2.77. The van der Waals surface area contributed by atoms with E-state index in [-0.39, 0.29) is 16.9 Å². The molecule has 0 radical (unpaired) electrons. The van der Waals surface area contributed by atoms with E-state index in [1.165, 1.54) is 4.90 Å². The van der Waals surface area contributed by atoms with Crippen LogP contribution in [0.2, 0.25) is 0 Å². The number of amides is 2. The summed E-state index contributed by atoms with van der Waals surface area (Å²) in [7, 11) is 0. The maximum absolute atomic E-state index is 11.5. The summed E-state index contributed by atoms with van der Waals surface area (Å²) in [4.78, 5) is 26.8.